The summed E-state index contributed by atoms with van der Waals surface area (Å²) in [7, 11) is -0.954. The summed E-state index contributed by atoms with van der Waals surface area (Å²) in [5, 5.41) is 14.9. The molecule has 1 aliphatic heterocycles. The molecule has 0 radical (unpaired) electrons. The second kappa shape index (κ2) is 5.95. The number of aromatic nitrogens is 3. The number of thiazole rings is 1. The zero-order chi connectivity index (χ0) is 15.8. The van der Waals surface area contributed by atoms with E-state index in [1.54, 1.807) is 40.3 Å². The number of imidazole rings is 1. The number of rotatable bonds is 4. The second-order valence-corrected chi connectivity index (χ2v) is 8.15. The molecule has 0 saturated heterocycles. The van der Waals surface area contributed by atoms with Gasteiger partial charge in [0.2, 0.25) is 0 Å². The lowest BCUT2D eigenvalue weighted by Gasteiger charge is -2.20. The molecule has 23 heavy (non-hydrogen) atoms. The molecule has 0 N–H and O–H groups in total. The number of nitrogens with zero attached hydrogens (tertiary/aromatic N) is 6. The Morgan fingerprint density at radius 3 is 3.09 bits per heavy atom. The van der Waals surface area contributed by atoms with Crippen molar-refractivity contribution in [1.82, 2.24) is 19.5 Å². The van der Waals surface area contributed by atoms with Crippen LogP contribution in [0, 0.1) is 0 Å². The molecule has 0 spiro atoms. The minimum Gasteiger partial charge on any atom is -0.293 e. The molecule has 3 aromatic heterocycles. The molecule has 0 amide bonds. The molecule has 0 aliphatic carbocycles. The lowest BCUT2D eigenvalue weighted by molar-refractivity contribution is 0.235. The monoisotopic (exact) mass is 364 g/mol. The molecule has 0 fully saturated rings. The first kappa shape index (κ1) is 14.7. The topological polar surface area (TPSA) is 75.7 Å². The number of hydrogen-bond donors (Lipinski definition) is 0. The van der Waals surface area contributed by atoms with Crippen LogP contribution in [0.3, 0.4) is 0 Å². The van der Waals surface area contributed by atoms with Crippen LogP contribution in [0.25, 0.3) is 21.3 Å². The Labute approximate surface area is 142 Å². The van der Waals surface area contributed by atoms with Gasteiger partial charge in [0.15, 0.2) is 5.82 Å². The molecular weight excluding hydrogens is 352 g/mol. The van der Waals surface area contributed by atoms with E-state index in [1.165, 1.54) is 0 Å². The van der Waals surface area contributed by atoms with Crippen molar-refractivity contribution in [3.63, 3.8) is 0 Å². The van der Waals surface area contributed by atoms with Gasteiger partial charge in [0.05, 0.1) is 16.9 Å². The Bertz CT molecular complexity index is 882. The lowest BCUT2D eigenvalue weighted by Crippen LogP contribution is -2.25. The molecule has 0 bridgehead atoms. The van der Waals surface area contributed by atoms with E-state index >= 15 is 0 Å². The van der Waals surface area contributed by atoms with E-state index in [-0.39, 0.29) is 0 Å². The van der Waals surface area contributed by atoms with Gasteiger partial charge < -0.3 is 0 Å². The van der Waals surface area contributed by atoms with Gasteiger partial charge in [-0.1, -0.05) is 11.3 Å². The van der Waals surface area contributed by atoms with Crippen LogP contribution < -0.4 is 0 Å². The van der Waals surface area contributed by atoms with Crippen LogP contribution in [0.4, 0.5) is 5.82 Å². The first-order chi connectivity index (χ1) is 11.2. The van der Waals surface area contributed by atoms with Gasteiger partial charge in [-0.05, 0) is 11.4 Å². The maximum atomic E-state index is 11.3. The largest absolute Gasteiger partial charge is 0.293 e. The van der Waals surface area contributed by atoms with Crippen LogP contribution in [-0.2, 0) is 17.5 Å². The van der Waals surface area contributed by atoms with Crippen LogP contribution in [-0.4, -0.2) is 35.9 Å². The third-order valence-electron chi connectivity index (χ3n) is 3.20. The summed E-state index contributed by atoms with van der Waals surface area (Å²) < 4.78 is 13.2. The zero-order valence-corrected chi connectivity index (χ0v) is 14.6. The van der Waals surface area contributed by atoms with E-state index in [0.29, 0.717) is 18.4 Å². The van der Waals surface area contributed by atoms with Crippen molar-refractivity contribution < 1.29 is 4.21 Å². The molecule has 3 aromatic rings. The normalized spacial score (nSPS) is 14.9. The predicted octanol–water partition coefficient (Wildman–Crippen LogP) is 3.34. The van der Waals surface area contributed by atoms with Crippen LogP contribution in [0.2, 0.25) is 0 Å². The van der Waals surface area contributed by atoms with E-state index in [1.807, 2.05) is 21.4 Å². The molecule has 7 nitrogen and oxygen atoms in total. The molecule has 1 atom stereocenters. The van der Waals surface area contributed by atoms with Crippen molar-refractivity contribution in [3.05, 3.63) is 29.2 Å². The maximum absolute atomic E-state index is 11.3. The highest BCUT2D eigenvalue weighted by molar-refractivity contribution is 7.84. The van der Waals surface area contributed by atoms with Crippen molar-refractivity contribution in [1.29, 1.82) is 0 Å². The first-order valence-corrected chi connectivity index (χ1v) is 10.2. The summed E-state index contributed by atoms with van der Waals surface area (Å²) in [5.74, 6) is 1.05. The van der Waals surface area contributed by atoms with Gasteiger partial charge >= 0.3 is 0 Å². The fraction of sp³-hybridized carbons (Fsp3) is 0.231. The number of hydrogen-bond acceptors (Lipinski definition) is 8. The van der Waals surface area contributed by atoms with Gasteiger partial charge in [0.1, 0.15) is 23.2 Å². The summed E-state index contributed by atoms with van der Waals surface area (Å²) >= 11 is 3.21. The highest BCUT2D eigenvalue weighted by Crippen LogP contribution is 2.36. The van der Waals surface area contributed by atoms with E-state index in [0.717, 1.165) is 21.3 Å². The summed E-state index contributed by atoms with van der Waals surface area (Å²) in [6, 6.07) is 4.06. The van der Waals surface area contributed by atoms with Crippen molar-refractivity contribution in [3.8, 4) is 21.3 Å². The molecule has 0 aromatic carbocycles. The zero-order valence-electron chi connectivity index (χ0n) is 12.1. The number of fused-ring (bicyclic) bond motifs is 1. The summed E-state index contributed by atoms with van der Waals surface area (Å²) in [6.45, 7) is 0.495. The Balaban J connectivity index is 1.63. The lowest BCUT2D eigenvalue weighted by atomic mass is 10.4. The van der Waals surface area contributed by atoms with Crippen LogP contribution in [0.15, 0.2) is 39.6 Å². The van der Waals surface area contributed by atoms with Crippen molar-refractivity contribution >= 4 is 39.3 Å². The molecule has 1 aliphatic rings. The molecule has 118 valence electrons. The van der Waals surface area contributed by atoms with E-state index in [9.17, 15) is 4.21 Å². The van der Waals surface area contributed by atoms with Crippen molar-refractivity contribution in [2.24, 2.45) is 10.3 Å². The molecule has 10 heteroatoms. The Morgan fingerprint density at radius 1 is 1.39 bits per heavy atom. The van der Waals surface area contributed by atoms with E-state index in [4.69, 9.17) is 0 Å². The summed E-state index contributed by atoms with van der Waals surface area (Å²) in [6.07, 6.45) is 3.37. The molecule has 0 saturated carbocycles. The molecular formula is C13H12N6OS3. The average molecular weight is 364 g/mol. The van der Waals surface area contributed by atoms with Gasteiger partial charge in [-0.15, -0.1) is 27.8 Å². The smallest absolute Gasteiger partial charge is 0.188 e. The fourth-order valence-corrected chi connectivity index (χ4v) is 4.36. The van der Waals surface area contributed by atoms with E-state index < -0.39 is 10.8 Å². The summed E-state index contributed by atoms with van der Waals surface area (Å²) in [5.41, 5.74) is 1.69. The third kappa shape index (κ3) is 2.84. The molecule has 1 unspecified atom stereocenters. The highest BCUT2D eigenvalue weighted by atomic mass is 32.2. The highest BCUT2D eigenvalue weighted by Gasteiger charge is 2.21. The van der Waals surface area contributed by atoms with Crippen LogP contribution in [0.1, 0.15) is 0 Å². The van der Waals surface area contributed by atoms with Gasteiger partial charge in [-0.3, -0.25) is 8.78 Å². The van der Waals surface area contributed by atoms with Crippen LogP contribution >= 0.6 is 22.7 Å². The third-order valence-corrected chi connectivity index (χ3v) is 5.61. The SMILES string of the molecule is CS(=O)CN1Cn2cnc(-c3nc(-c4cccs4)cs3)c2N=N1. The van der Waals surface area contributed by atoms with E-state index in [2.05, 4.69) is 26.4 Å². The predicted molar refractivity (Wildman–Crippen MR) is 91.9 cm³/mol. The number of thiophene rings is 1. The standard InChI is InChI=1S/C13H12N6OS3/c1-23(20)8-19-7-18-6-14-11(12(18)16-17-19)13-15-9(5-22-13)10-3-2-4-21-10/h2-6H,7-8H2,1H3. The van der Waals surface area contributed by atoms with Crippen molar-refractivity contribution in [2.45, 2.75) is 6.67 Å². The van der Waals surface area contributed by atoms with Gasteiger partial charge in [-0.2, -0.15) is 0 Å². The molecule has 4 rings (SSSR count). The first-order valence-electron chi connectivity index (χ1n) is 6.72. The quantitative estimate of drug-likeness (QED) is 0.711. The van der Waals surface area contributed by atoms with Crippen LogP contribution in [0.5, 0.6) is 0 Å². The Morgan fingerprint density at radius 2 is 2.30 bits per heavy atom. The Hall–Kier alpha value is -1.91. The second-order valence-electron chi connectivity index (χ2n) is 4.94. The minimum absolute atomic E-state index is 0.357. The summed E-state index contributed by atoms with van der Waals surface area (Å²) in [4.78, 5) is 10.2. The fourth-order valence-electron chi connectivity index (χ4n) is 2.24. The van der Waals surface area contributed by atoms with Gasteiger partial charge in [0.25, 0.3) is 0 Å². The molecule has 4 heterocycles. The average Bonchev–Trinajstić information content (AvgIpc) is 3.25. The maximum Gasteiger partial charge on any atom is 0.188 e. The van der Waals surface area contributed by atoms with Gasteiger partial charge in [0, 0.05) is 22.4 Å². The minimum atomic E-state index is -0.954. The van der Waals surface area contributed by atoms with Gasteiger partial charge in [-0.25, -0.2) is 15.0 Å². The van der Waals surface area contributed by atoms with Crippen molar-refractivity contribution in [2.75, 3.05) is 12.1 Å². The Kier molecular flexibility index (Phi) is 3.79.